The molecule has 0 radical (unpaired) electrons. The molecule has 1 aromatic carbocycles. The quantitative estimate of drug-likeness (QED) is 0.0707. The van der Waals surface area contributed by atoms with E-state index in [1.54, 1.807) is 0 Å². The number of hydrogen-bond acceptors (Lipinski definition) is 6. The highest BCUT2D eigenvalue weighted by atomic mass is 32.2. The molecule has 17 heteroatoms. The molecule has 1 unspecified atom stereocenters. The van der Waals surface area contributed by atoms with Crippen LogP contribution < -0.4 is 27.5 Å². The lowest BCUT2D eigenvalue weighted by Crippen LogP contribution is -2.37. The number of pyridine rings is 1. The molecule has 2 aromatic rings. The number of halogens is 5. The molecule has 11 nitrogen and oxygen atoms in total. The molecule has 1 aromatic heterocycles. The molecule has 1 heterocycles. The zero-order valence-electron chi connectivity index (χ0n) is 17.1. The summed E-state index contributed by atoms with van der Waals surface area (Å²) >= 11 is 0. The predicted molar refractivity (Wildman–Crippen MR) is 107 cm³/mol. The lowest BCUT2D eigenvalue weighted by atomic mass is 10.1. The van der Waals surface area contributed by atoms with Crippen LogP contribution in [-0.4, -0.2) is 31.5 Å². The Kier molecular flexibility index (Phi) is 7.71. The zero-order chi connectivity index (χ0) is 26.0. The number of nitrogens with two attached hydrogens (primary N) is 3. The highest BCUT2D eigenvalue weighted by Crippen LogP contribution is 2.28. The normalized spacial score (nSPS) is 12.2. The van der Waals surface area contributed by atoms with Crippen LogP contribution in [0.25, 0.3) is 0 Å². The first kappa shape index (κ1) is 26.4. The molecule has 0 aliphatic heterocycles. The fourth-order valence-corrected chi connectivity index (χ4v) is 4.01. The van der Waals surface area contributed by atoms with Gasteiger partial charge in [-0.25, -0.2) is 30.4 Å². The topological polar surface area (TPSA) is 185 Å². The van der Waals surface area contributed by atoms with Crippen molar-refractivity contribution in [1.82, 2.24) is 4.57 Å². The third kappa shape index (κ3) is 5.19. The Morgan fingerprint density at radius 2 is 1.59 bits per heavy atom. The maximum Gasteiger partial charge on any atom is 0.275 e. The molecule has 34 heavy (non-hydrogen) atoms. The SMILES string of the molecule is Cc1ccc(NS(=O)(=O)c2c(F)c(F)c(F)c(F)c2F)c(=O)n1C(CCON=C(N)N)C(N)=O. The smallest absolute Gasteiger partial charge is 0.275 e. The fourth-order valence-electron chi connectivity index (χ4n) is 2.81. The Morgan fingerprint density at radius 3 is 2.09 bits per heavy atom. The van der Waals surface area contributed by atoms with Crippen LogP contribution in [0.4, 0.5) is 27.6 Å². The lowest BCUT2D eigenvalue weighted by molar-refractivity contribution is -0.121. The van der Waals surface area contributed by atoms with Gasteiger partial charge in [-0.05, 0) is 24.2 Å². The van der Waals surface area contributed by atoms with Gasteiger partial charge in [0.05, 0.1) is 0 Å². The number of guanidine groups is 1. The van der Waals surface area contributed by atoms with Gasteiger partial charge in [0.2, 0.25) is 17.7 Å². The first-order valence-electron chi connectivity index (χ1n) is 8.97. The number of benzene rings is 1. The summed E-state index contributed by atoms with van der Waals surface area (Å²) in [5.74, 6) is -14.3. The van der Waals surface area contributed by atoms with Crippen LogP contribution in [0, 0.1) is 36.0 Å². The average Bonchev–Trinajstić information content (AvgIpc) is 2.74. The van der Waals surface area contributed by atoms with Gasteiger partial charge in [-0.15, -0.1) is 0 Å². The third-order valence-electron chi connectivity index (χ3n) is 4.30. The Bertz CT molecular complexity index is 1300. The minimum Gasteiger partial charge on any atom is -0.393 e. The number of carbonyl (C=O) groups is 1. The van der Waals surface area contributed by atoms with E-state index in [2.05, 4.69) is 5.16 Å². The van der Waals surface area contributed by atoms with Crippen molar-refractivity contribution < 1.29 is 40.0 Å². The highest BCUT2D eigenvalue weighted by Gasteiger charge is 2.34. The predicted octanol–water partition coefficient (Wildman–Crippen LogP) is 0.275. The van der Waals surface area contributed by atoms with Crippen LogP contribution >= 0.6 is 0 Å². The first-order chi connectivity index (χ1) is 15.7. The fraction of sp³-hybridized carbons (Fsp3) is 0.235. The molecule has 1 atom stereocenters. The van der Waals surface area contributed by atoms with Crippen LogP contribution in [0.1, 0.15) is 18.2 Å². The number of nitrogens with one attached hydrogen (secondary N) is 1. The summed E-state index contributed by atoms with van der Waals surface area (Å²) in [6.07, 6.45) is -0.277. The number of aromatic nitrogens is 1. The van der Waals surface area contributed by atoms with Crippen molar-refractivity contribution in [3.05, 3.63) is 57.3 Å². The molecule has 0 bridgehead atoms. The van der Waals surface area contributed by atoms with Crippen molar-refractivity contribution in [3.63, 3.8) is 0 Å². The molecule has 7 N–H and O–H groups in total. The summed E-state index contributed by atoms with van der Waals surface area (Å²) in [6, 6.07) is 0.552. The van der Waals surface area contributed by atoms with Gasteiger partial charge in [0.1, 0.15) is 18.3 Å². The van der Waals surface area contributed by atoms with Crippen molar-refractivity contribution in [2.75, 3.05) is 11.3 Å². The largest absolute Gasteiger partial charge is 0.393 e. The summed E-state index contributed by atoms with van der Waals surface area (Å²) in [7, 11) is -5.51. The molecule has 0 aliphatic rings. The van der Waals surface area contributed by atoms with Crippen molar-refractivity contribution in [3.8, 4) is 0 Å². The third-order valence-corrected chi connectivity index (χ3v) is 5.68. The standard InChI is InChI=1S/C17H17F5N6O5S/c1-6-2-3-7(16(30)28(6)8(15(23)29)4-5-33-26-17(24)25)27-34(31,32)14-12(21)10(19)9(18)11(20)13(14)22/h2-3,8,27H,4-5H2,1H3,(H2,23,29)(H4,24,25,26). The number of oxime groups is 1. The second kappa shape index (κ2) is 9.94. The van der Waals surface area contributed by atoms with E-state index in [1.165, 1.54) is 11.6 Å². The molecular weight excluding hydrogens is 495 g/mol. The molecule has 186 valence electrons. The van der Waals surface area contributed by atoms with E-state index in [0.717, 1.165) is 16.7 Å². The number of nitrogens with zero attached hydrogens (tertiary/aromatic N) is 2. The Balaban J connectivity index is 2.54. The Labute approximate surface area is 188 Å². The molecule has 0 saturated heterocycles. The number of carbonyl (C=O) groups excluding carboxylic acids is 1. The number of sulfonamides is 1. The number of rotatable bonds is 9. The molecular formula is C17H17F5N6O5S. The van der Waals surface area contributed by atoms with Crippen molar-refractivity contribution >= 4 is 27.6 Å². The van der Waals surface area contributed by atoms with Crippen LogP contribution in [0.2, 0.25) is 0 Å². The Morgan fingerprint density at radius 1 is 1.06 bits per heavy atom. The zero-order valence-corrected chi connectivity index (χ0v) is 17.9. The molecule has 0 saturated carbocycles. The number of aryl methyl sites for hydroxylation is 1. The maximum atomic E-state index is 14.0. The van der Waals surface area contributed by atoms with Crippen LogP contribution in [0.15, 0.2) is 27.0 Å². The van der Waals surface area contributed by atoms with Crippen LogP contribution in [-0.2, 0) is 19.7 Å². The second-order valence-corrected chi connectivity index (χ2v) is 8.24. The lowest BCUT2D eigenvalue weighted by Gasteiger charge is -2.20. The monoisotopic (exact) mass is 512 g/mol. The van der Waals surface area contributed by atoms with Gasteiger partial charge in [0.25, 0.3) is 15.6 Å². The Hall–Kier alpha value is -3.89. The molecule has 2 rings (SSSR count). The van der Waals surface area contributed by atoms with Gasteiger partial charge < -0.3 is 22.0 Å². The number of primary amides is 1. The van der Waals surface area contributed by atoms with Crippen molar-refractivity contribution in [2.45, 2.75) is 24.3 Å². The highest BCUT2D eigenvalue weighted by molar-refractivity contribution is 7.92. The average molecular weight is 512 g/mol. The summed E-state index contributed by atoms with van der Waals surface area (Å²) < 4.78 is 95.2. The second-order valence-electron chi connectivity index (χ2n) is 6.62. The minimum atomic E-state index is -5.51. The molecule has 0 spiro atoms. The van der Waals surface area contributed by atoms with E-state index in [9.17, 15) is 40.0 Å². The van der Waals surface area contributed by atoms with E-state index in [-0.39, 0.29) is 18.7 Å². The molecule has 0 fully saturated rings. The minimum absolute atomic E-state index is 0.0924. The van der Waals surface area contributed by atoms with Gasteiger partial charge in [-0.2, -0.15) is 0 Å². The van der Waals surface area contributed by atoms with Gasteiger partial charge in [0.15, 0.2) is 28.2 Å². The van der Waals surface area contributed by atoms with E-state index in [4.69, 9.17) is 22.0 Å². The summed E-state index contributed by atoms with van der Waals surface area (Å²) in [5, 5.41) is 3.21. The van der Waals surface area contributed by atoms with Gasteiger partial charge in [-0.1, -0.05) is 0 Å². The van der Waals surface area contributed by atoms with Crippen LogP contribution in [0.3, 0.4) is 0 Å². The van der Waals surface area contributed by atoms with E-state index >= 15 is 0 Å². The van der Waals surface area contributed by atoms with Crippen molar-refractivity contribution in [1.29, 1.82) is 0 Å². The number of amides is 1. The van der Waals surface area contributed by atoms with Crippen LogP contribution in [0.5, 0.6) is 0 Å². The van der Waals surface area contributed by atoms with Gasteiger partial charge >= 0.3 is 0 Å². The first-order valence-corrected chi connectivity index (χ1v) is 10.5. The van der Waals surface area contributed by atoms with E-state index in [1.807, 2.05) is 0 Å². The number of anilines is 1. The summed E-state index contributed by atoms with van der Waals surface area (Å²) in [5.41, 5.74) is 13.4. The van der Waals surface area contributed by atoms with E-state index < -0.39 is 73.2 Å². The summed E-state index contributed by atoms with van der Waals surface area (Å²) in [4.78, 5) is 27.3. The van der Waals surface area contributed by atoms with Crippen molar-refractivity contribution in [2.24, 2.45) is 22.4 Å². The molecule has 0 aliphatic carbocycles. The van der Waals surface area contributed by atoms with Gasteiger partial charge in [-0.3, -0.25) is 18.9 Å². The summed E-state index contributed by atoms with van der Waals surface area (Å²) in [6.45, 7) is 1.02. The molecule has 1 amide bonds. The van der Waals surface area contributed by atoms with E-state index in [0.29, 0.717) is 0 Å². The number of hydrogen-bond donors (Lipinski definition) is 4. The van der Waals surface area contributed by atoms with Gasteiger partial charge in [0, 0.05) is 12.1 Å². The maximum absolute atomic E-state index is 14.0.